The Kier molecular flexibility index (Phi) is 3.77. The molecule has 0 aliphatic rings. The number of phenolic OH excluding ortho intramolecular Hbond substituents is 2. The molecule has 0 fully saturated rings. The molecule has 0 aliphatic carbocycles. The standard InChI is InChI=1S/C12H17NO3/c1-4-13(8(2)3)12(16)9-5-6-10(14)11(15)7-9/h5-8,14-15H,4H2,1-3H3. The number of hydrogen-bond donors (Lipinski definition) is 2. The average Bonchev–Trinajstić information content (AvgIpc) is 2.22. The van der Waals surface area contributed by atoms with E-state index < -0.39 is 0 Å². The minimum Gasteiger partial charge on any atom is -0.504 e. The molecule has 0 unspecified atom stereocenters. The van der Waals surface area contributed by atoms with E-state index in [1.165, 1.54) is 18.2 Å². The van der Waals surface area contributed by atoms with Crippen molar-refractivity contribution in [1.29, 1.82) is 0 Å². The Morgan fingerprint density at radius 2 is 1.94 bits per heavy atom. The zero-order valence-corrected chi connectivity index (χ0v) is 9.77. The number of aromatic hydroxyl groups is 2. The SMILES string of the molecule is CCN(C(=O)c1ccc(O)c(O)c1)C(C)C. The molecule has 0 atom stereocenters. The van der Waals surface area contributed by atoms with Crippen molar-refractivity contribution in [3.05, 3.63) is 23.8 Å². The largest absolute Gasteiger partial charge is 0.504 e. The van der Waals surface area contributed by atoms with E-state index in [9.17, 15) is 9.90 Å². The Balaban J connectivity index is 2.99. The predicted octanol–water partition coefficient (Wildman–Crippen LogP) is 1.97. The fraction of sp³-hybridized carbons (Fsp3) is 0.417. The van der Waals surface area contributed by atoms with Gasteiger partial charge in [-0.2, -0.15) is 0 Å². The summed E-state index contributed by atoms with van der Waals surface area (Å²) < 4.78 is 0. The lowest BCUT2D eigenvalue weighted by molar-refractivity contribution is 0.0716. The van der Waals surface area contributed by atoms with E-state index in [2.05, 4.69) is 0 Å². The van der Waals surface area contributed by atoms with Crippen molar-refractivity contribution in [3.63, 3.8) is 0 Å². The summed E-state index contributed by atoms with van der Waals surface area (Å²) in [5.41, 5.74) is 0.380. The molecule has 0 saturated heterocycles. The van der Waals surface area contributed by atoms with Crippen LogP contribution in [0.4, 0.5) is 0 Å². The molecule has 16 heavy (non-hydrogen) atoms. The summed E-state index contributed by atoms with van der Waals surface area (Å²) in [5.74, 6) is -0.636. The molecule has 0 radical (unpaired) electrons. The average molecular weight is 223 g/mol. The van der Waals surface area contributed by atoms with Gasteiger partial charge in [0.25, 0.3) is 5.91 Å². The van der Waals surface area contributed by atoms with Crippen LogP contribution in [-0.2, 0) is 0 Å². The van der Waals surface area contributed by atoms with Gasteiger partial charge in [-0.25, -0.2) is 0 Å². The number of amides is 1. The zero-order valence-electron chi connectivity index (χ0n) is 9.77. The molecule has 88 valence electrons. The Morgan fingerprint density at radius 3 is 2.38 bits per heavy atom. The number of carbonyl (C=O) groups excluding carboxylic acids is 1. The highest BCUT2D eigenvalue weighted by atomic mass is 16.3. The number of rotatable bonds is 3. The molecule has 1 aromatic rings. The van der Waals surface area contributed by atoms with Gasteiger partial charge in [0, 0.05) is 18.2 Å². The summed E-state index contributed by atoms with van der Waals surface area (Å²) in [4.78, 5) is 13.7. The van der Waals surface area contributed by atoms with Crippen molar-refractivity contribution < 1.29 is 15.0 Å². The van der Waals surface area contributed by atoms with Crippen LogP contribution in [0.3, 0.4) is 0 Å². The lowest BCUT2D eigenvalue weighted by Crippen LogP contribution is -2.36. The highest BCUT2D eigenvalue weighted by molar-refractivity contribution is 5.95. The van der Waals surface area contributed by atoms with Crippen LogP contribution in [0.15, 0.2) is 18.2 Å². The van der Waals surface area contributed by atoms with Gasteiger partial charge in [-0.05, 0) is 39.0 Å². The fourth-order valence-corrected chi connectivity index (χ4v) is 1.57. The summed E-state index contributed by atoms with van der Waals surface area (Å²) in [7, 11) is 0. The number of nitrogens with zero attached hydrogens (tertiary/aromatic N) is 1. The minimum absolute atomic E-state index is 0.105. The summed E-state index contributed by atoms with van der Waals surface area (Å²) in [5, 5.41) is 18.5. The van der Waals surface area contributed by atoms with Crippen molar-refractivity contribution in [2.75, 3.05) is 6.54 Å². The van der Waals surface area contributed by atoms with Gasteiger partial charge in [0.1, 0.15) is 0 Å². The molecule has 0 bridgehead atoms. The van der Waals surface area contributed by atoms with Gasteiger partial charge in [0.05, 0.1) is 0 Å². The van der Waals surface area contributed by atoms with Crippen LogP contribution in [0.2, 0.25) is 0 Å². The number of carbonyl (C=O) groups is 1. The first kappa shape index (κ1) is 12.4. The lowest BCUT2D eigenvalue weighted by atomic mass is 10.1. The van der Waals surface area contributed by atoms with Gasteiger partial charge in [0.2, 0.25) is 0 Å². The summed E-state index contributed by atoms with van der Waals surface area (Å²) >= 11 is 0. The number of phenols is 2. The maximum Gasteiger partial charge on any atom is 0.254 e. The third-order valence-electron chi connectivity index (χ3n) is 2.45. The van der Waals surface area contributed by atoms with E-state index in [4.69, 9.17) is 5.11 Å². The first-order valence-electron chi connectivity index (χ1n) is 5.30. The second-order valence-corrected chi connectivity index (χ2v) is 3.89. The maximum atomic E-state index is 12.0. The quantitative estimate of drug-likeness (QED) is 0.770. The molecule has 1 amide bonds. The molecule has 1 rings (SSSR count). The summed E-state index contributed by atoms with van der Waals surface area (Å²) in [6.45, 7) is 6.37. The second kappa shape index (κ2) is 4.88. The topological polar surface area (TPSA) is 60.8 Å². The fourth-order valence-electron chi connectivity index (χ4n) is 1.57. The lowest BCUT2D eigenvalue weighted by Gasteiger charge is -2.25. The molecular weight excluding hydrogens is 206 g/mol. The third-order valence-corrected chi connectivity index (χ3v) is 2.45. The van der Waals surface area contributed by atoms with Crippen molar-refractivity contribution in [3.8, 4) is 11.5 Å². The van der Waals surface area contributed by atoms with E-state index in [1.54, 1.807) is 4.90 Å². The Hall–Kier alpha value is -1.71. The predicted molar refractivity (Wildman–Crippen MR) is 61.6 cm³/mol. The van der Waals surface area contributed by atoms with Crippen LogP contribution < -0.4 is 0 Å². The molecule has 4 nitrogen and oxygen atoms in total. The zero-order chi connectivity index (χ0) is 12.3. The maximum absolute atomic E-state index is 12.0. The van der Waals surface area contributed by atoms with E-state index in [-0.39, 0.29) is 23.4 Å². The molecule has 0 aromatic heterocycles. The summed E-state index contributed by atoms with van der Waals surface area (Å²) in [6, 6.07) is 4.20. The van der Waals surface area contributed by atoms with Crippen molar-refractivity contribution in [2.24, 2.45) is 0 Å². The first-order valence-corrected chi connectivity index (χ1v) is 5.30. The van der Waals surface area contributed by atoms with Gasteiger partial charge in [-0.1, -0.05) is 0 Å². The van der Waals surface area contributed by atoms with Gasteiger partial charge >= 0.3 is 0 Å². The molecule has 4 heteroatoms. The molecule has 0 spiro atoms. The normalized spacial score (nSPS) is 10.5. The summed E-state index contributed by atoms with van der Waals surface area (Å²) in [6.07, 6.45) is 0. The number of benzene rings is 1. The van der Waals surface area contributed by atoms with Gasteiger partial charge in [-0.3, -0.25) is 4.79 Å². The van der Waals surface area contributed by atoms with Gasteiger partial charge < -0.3 is 15.1 Å². The van der Waals surface area contributed by atoms with E-state index in [0.29, 0.717) is 12.1 Å². The van der Waals surface area contributed by atoms with Crippen LogP contribution in [0.1, 0.15) is 31.1 Å². The van der Waals surface area contributed by atoms with E-state index in [1.807, 2.05) is 20.8 Å². The smallest absolute Gasteiger partial charge is 0.254 e. The van der Waals surface area contributed by atoms with Crippen LogP contribution in [-0.4, -0.2) is 33.6 Å². The molecule has 0 saturated carbocycles. The van der Waals surface area contributed by atoms with Gasteiger partial charge in [0.15, 0.2) is 11.5 Å². The molecule has 1 aromatic carbocycles. The van der Waals surface area contributed by atoms with Crippen LogP contribution >= 0.6 is 0 Å². The highest BCUT2D eigenvalue weighted by Gasteiger charge is 2.17. The Bertz CT molecular complexity index is 388. The van der Waals surface area contributed by atoms with Crippen LogP contribution in [0.25, 0.3) is 0 Å². The highest BCUT2D eigenvalue weighted by Crippen LogP contribution is 2.25. The van der Waals surface area contributed by atoms with Crippen LogP contribution in [0.5, 0.6) is 11.5 Å². The number of hydrogen-bond acceptors (Lipinski definition) is 3. The first-order chi connectivity index (χ1) is 7.47. The van der Waals surface area contributed by atoms with Crippen LogP contribution in [0, 0.1) is 0 Å². The molecule has 0 aliphatic heterocycles. The second-order valence-electron chi connectivity index (χ2n) is 3.89. The minimum atomic E-state index is -0.273. The van der Waals surface area contributed by atoms with Crippen molar-refractivity contribution in [1.82, 2.24) is 4.90 Å². The van der Waals surface area contributed by atoms with Crippen molar-refractivity contribution in [2.45, 2.75) is 26.8 Å². The third kappa shape index (κ3) is 2.45. The van der Waals surface area contributed by atoms with Crippen molar-refractivity contribution >= 4 is 5.91 Å². The van der Waals surface area contributed by atoms with Gasteiger partial charge in [-0.15, -0.1) is 0 Å². The molecular formula is C12H17NO3. The monoisotopic (exact) mass is 223 g/mol. The van der Waals surface area contributed by atoms with E-state index in [0.717, 1.165) is 0 Å². The Morgan fingerprint density at radius 1 is 1.31 bits per heavy atom. The molecule has 2 N–H and O–H groups in total. The molecule has 0 heterocycles. The Labute approximate surface area is 95.1 Å². The van der Waals surface area contributed by atoms with E-state index >= 15 is 0 Å².